The van der Waals surface area contributed by atoms with Gasteiger partial charge in [0, 0.05) is 9.50 Å². The van der Waals surface area contributed by atoms with Crippen LogP contribution in [0.4, 0.5) is 11.5 Å². The van der Waals surface area contributed by atoms with Crippen molar-refractivity contribution in [2.24, 2.45) is 5.73 Å². The molecule has 0 saturated carbocycles. The van der Waals surface area contributed by atoms with E-state index in [9.17, 15) is 0 Å². The van der Waals surface area contributed by atoms with E-state index >= 15 is 0 Å². The molecule has 0 saturated heterocycles. The van der Waals surface area contributed by atoms with Gasteiger partial charge in [-0.05, 0) is 46.3 Å². The first-order valence-corrected chi connectivity index (χ1v) is 6.63. The molecular weight excluding hydrogens is 334 g/mol. The zero-order chi connectivity index (χ0) is 13.1. The SMILES string of the molecule is NC(=S)c1cccc(Nc2cc(Cl)ccc2Br)n1. The lowest BCUT2D eigenvalue weighted by Crippen LogP contribution is -2.12. The molecule has 0 fully saturated rings. The van der Waals surface area contributed by atoms with Crippen LogP contribution in [0.25, 0.3) is 0 Å². The number of hydrogen-bond acceptors (Lipinski definition) is 3. The van der Waals surface area contributed by atoms with Crippen LogP contribution in [0.1, 0.15) is 5.69 Å². The first kappa shape index (κ1) is 13.3. The van der Waals surface area contributed by atoms with Crippen molar-refractivity contribution < 1.29 is 0 Å². The normalized spacial score (nSPS) is 10.1. The van der Waals surface area contributed by atoms with Crippen molar-refractivity contribution in [1.29, 1.82) is 0 Å². The van der Waals surface area contributed by atoms with E-state index in [1.54, 1.807) is 18.2 Å². The Balaban J connectivity index is 2.31. The highest BCUT2D eigenvalue weighted by Crippen LogP contribution is 2.28. The van der Waals surface area contributed by atoms with E-state index in [4.69, 9.17) is 29.6 Å². The first-order chi connectivity index (χ1) is 8.56. The van der Waals surface area contributed by atoms with Gasteiger partial charge in [-0.2, -0.15) is 0 Å². The number of nitrogens with two attached hydrogens (primary N) is 1. The average molecular weight is 343 g/mol. The van der Waals surface area contributed by atoms with Gasteiger partial charge in [-0.1, -0.05) is 29.9 Å². The van der Waals surface area contributed by atoms with E-state index < -0.39 is 0 Å². The Morgan fingerprint density at radius 3 is 2.83 bits per heavy atom. The molecule has 0 aliphatic heterocycles. The second-order valence-corrected chi connectivity index (χ2v) is 5.25. The fourth-order valence-corrected chi connectivity index (χ4v) is 2.00. The summed E-state index contributed by atoms with van der Waals surface area (Å²) >= 11 is 14.3. The second-order valence-electron chi connectivity index (χ2n) is 3.52. The molecule has 1 aromatic heterocycles. The predicted octanol–water partition coefficient (Wildman–Crippen LogP) is 3.88. The molecular formula is C12H9BrClN3S. The van der Waals surface area contributed by atoms with Gasteiger partial charge < -0.3 is 11.1 Å². The molecule has 3 nitrogen and oxygen atoms in total. The predicted molar refractivity (Wildman–Crippen MR) is 82.6 cm³/mol. The number of nitrogens with one attached hydrogen (secondary N) is 1. The molecule has 18 heavy (non-hydrogen) atoms. The lowest BCUT2D eigenvalue weighted by Gasteiger charge is -2.09. The van der Waals surface area contributed by atoms with Crippen LogP contribution in [-0.2, 0) is 0 Å². The molecule has 0 aliphatic carbocycles. The maximum atomic E-state index is 5.94. The van der Waals surface area contributed by atoms with Crippen LogP contribution in [0, 0.1) is 0 Å². The minimum Gasteiger partial charge on any atom is -0.388 e. The summed E-state index contributed by atoms with van der Waals surface area (Å²) in [5.41, 5.74) is 6.95. The zero-order valence-corrected chi connectivity index (χ0v) is 12.3. The quantitative estimate of drug-likeness (QED) is 0.831. The largest absolute Gasteiger partial charge is 0.388 e. The van der Waals surface area contributed by atoms with Gasteiger partial charge in [-0.3, -0.25) is 0 Å². The standard InChI is InChI=1S/C12H9BrClN3S/c13-8-5-4-7(14)6-10(8)17-11-3-1-2-9(16-11)12(15)18/h1-6H,(H2,15,18)(H,16,17). The number of anilines is 2. The van der Waals surface area contributed by atoms with Crippen molar-refractivity contribution in [1.82, 2.24) is 4.98 Å². The molecule has 1 aromatic carbocycles. The number of rotatable bonds is 3. The third kappa shape index (κ3) is 3.19. The summed E-state index contributed by atoms with van der Waals surface area (Å²) in [4.78, 5) is 4.56. The smallest absolute Gasteiger partial charge is 0.131 e. The van der Waals surface area contributed by atoms with Crippen LogP contribution in [0.2, 0.25) is 5.02 Å². The van der Waals surface area contributed by atoms with Gasteiger partial charge in [0.25, 0.3) is 0 Å². The first-order valence-electron chi connectivity index (χ1n) is 5.05. The van der Waals surface area contributed by atoms with E-state index in [0.717, 1.165) is 10.2 Å². The number of aromatic nitrogens is 1. The van der Waals surface area contributed by atoms with Crippen LogP contribution in [0.3, 0.4) is 0 Å². The van der Waals surface area contributed by atoms with Crippen LogP contribution < -0.4 is 11.1 Å². The van der Waals surface area contributed by atoms with E-state index in [-0.39, 0.29) is 4.99 Å². The topological polar surface area (TPSA) is 50.9 Å². The van der Waals surface area contributed by atoms with Crippen molar-refractivity contribution >= 4 is 56.2 Å². The summed E-state index contributed by atoms with van der Waals surface area (Å²) in [5, 5.41) is 3.80. The van der Waals surface area contributed by atoms with Crippen molar-refractivity contribution in [3.8, 4) is 0 Å². The Bertz CT molecular complexity index is 604. The molecule has 6 heteroatoms. The Kier molecular flexibility index (Phi) is 4.16. The lowest BCUT2D eigenvalue weighted by atomic mass is 10.3. The van der Waals surface area contributed by atoms with Crippen LogP contribution in [0.15, 0.2) is 40.9 Å². The molecule has 3 N–H and O–H groups in total. The summed E-state index contributed by atoms with van der Waals surface area (Å²) in [6.07, 6.45) is 0. The highest BCUT2D eigenvalue weighted by Gasteiger charge is 2.04. The maximum Gasteiger partial charge on any atom is 0.131 e. The Morgan fingerprint density at radius 1 is 1.33 bits per heavy atom. The fourth-order valence-electron chi connectivity index (χ4n) is 1.37. The molecule has 0 amide bonds. The third-order valence-corrected chi connectivity index (χ3v) is 3.33. The van der Waals surface area contributed by atoms with Gasteiger partial charge in [0.1, 0.15) is 10.8 Å². The zero-order valence-electron chi connectivity index (χ0n) is 9.15. The molecule has 0 aliphatic rings. The van der Waals surface area contributed by atoms with Gasteiger partial charge in [-0.15, -0.1) is 0 Å². The number of benzene rings is 1. The van der Waals surface area contributed by atoms with Gasteiger partial charge in [0.15, 0.2) is 0 Å². The molecule has 0 spiro atoms. The molecule has 2 aromatic rings. The monoisotopic (exact) mass is 341 g/mol. The number of pyridine rings is 1. The van der Waals surface area contributed by atoms with Gasteiger partial charge in [0.05, 0.1) is 11.4 Å². The molecule has 1 heterocycles. The lowest BCUT2D eigenvalue weighted by molar-refractivity contribution is 1.28. The fraction of sp³-hybridized carbons (Fsp3) is 0. The Hall–Kier alpha value is -1.17. The minimum absolute atomic E-state index is 0.267. The number of thiocarbonyl (C=S) groups is 1. The van der Waals surface area contributed by atoms with E-state index in [1.807, 2.05) is 18.2 Å². The summed E-state index contributed by atoms with van der Waals surface area (Å²) in [7, 11) is 0. The van der Waals surface area contributed by atoms with E-state index in [0.29, 0.717) is 16.5 Å². The number of halogens is 2. The molecule has 92 valence electrons. The van der Waals surface area contributed by atoms with Gasteiger partial charge in [-0.25, -0.2) is 4.98 Å². The molecule has 0 radical (unpaired) electrons. The van der Waals surface area contributed by atoms with E-state index in [2.05, 4.69) is 26.2 Å². The average Bonchev–Trinajstić information content (AvgIpc) is 2.34. The highest BCUT2D eigenvalue weighted by atomic mass is 79.9. The maximum absolute atomic E-state index is 5.94. The summed E-state index contributed by atoms with van der Waals surface area (Å²) in [6, 6.07) is 10.9. The number of nitrogens with zero attached hydrogens (tertiary/aromatic N) is 1. The molecule has 0 atom stereocenters. The Morgan fingerprint density at radius 2 is 2.11 bits per heavy atom. The summed E-state index contributed by atoms with van der Waals surface area (Å²) in [6.45, 7) is 0. The van der Waals surface area contributed by atoms with Crippen molar-refractivity contribution in [2.45, 2.75) is 0 Å². The third-order valence-electron chi connectivity index (χ3n) is 2.19. The van der Waals surface area contributed by atoms with Crippen LogP contribution in [-0.4, -0.2) is 9.97 Å². The molecule has 0 bridgehead atoms. The minimum atomic E-state index is 0.267. The van der Waals surface area contributed by atoms with Crippen molar-refractivity contribution in [3.63, 3.8) is 0 Å². The van der Waals surface area contributed by atoms with E-state index in [1.165, 1.54) is 0 Å². The van der Waals surface area contributed by atoms with Gasteiger partial charge >= 0.3 is 0 Å². The molecule has 0 unspecified atom stereocenters. The van der Waals surface area contributed by atoms with Gasteiger partial charge in [0.2, 0.25) is 0 Å². The van der Waals surface area contributed by atoms with Crippen LogP contribution >= 0.6 is 39.7 Å². The highest BCUT2D eigenvalue weighted by molar-refractivity contribution is 9.10. The second kappa shape index (κ2) is 5.65. The van der Waals surface area contributed by atoms with Crippen LogP contribution in [0.5, 0.6) is 0 Å². The summed E-state index contributed by atoms with van der Waals surface area (Å²) in [5.74, 6) is 0.656. The van der Waals surface area contributed by atoms with Crippen molar-refractivity contribution in [3.05, 3.63) is 51.6 Å². The van der Waals surface area contributed by atoms with Crippen molar-refractivity contribution in [2.75, 3.05) is 5.32 Å². The molecule has 2 rings (SSSR count). The number of hydrogen-bond donors (Lipinski definition) is 2. The summed E-state index contributed by atoms with van der Waals surface area (Å²) < 4.78 is 0.898. The Labute approximate surface area is 123 Å².